The van der Waals surface area contributed by atoms with Crippen LogP contribution in [0.2, 0.25) is 0 Å². The van der Waals surface area contributed by atoms with Crippen LogP contribution in [0.25, 0.3) is 92.9 Å². The molecule has 5 heteroatoms. The Hall–Kier alpha value is -8.28. The third-order valence-corrected chi connectivity index (χ3v) is 12.6. The van der Waals surface area contributed by atoms with Crippen molar-refractivity contribution in [3.8, 4) is 16.8 Å². The first kappa shape index (κ1) is 34.6. The Morgan fingerprint density at radius 3 is 1.84 bits per heavy atom. The van der Waals surface area contributed by atoms with Gasteiger partial charge in [0, 0.05) is 44.3 Å². The molecule has 3 heterocycles. The molecule has 0 saturated heterocycles. The lowest BCUT2D eigenvalue weighted by atomic mass is 9.96. The van der Waals surface area contributed by atoms with Crippen LogP contribution in [0.4, 0.5) is 0 Å². The van der Waals surface area contributed by atoms with Crippen LogP contribution in [-0.4, -0.2) is 16.2 Å². The summed E-state index contributed by atoms with van der Waals surface area (Å²) in [4.78, 5) is 11.1. The van der Waals surface area contributed by atoms with Crippen LogP contribution in [-0.2, 0) is 0 Å². The molecule has 0 radical (unpaired) electrons. The molecule has 290 valence electrons. The van der Waals surface area contributed by atoms with Gasteiger partial charge in [0.05, 0.1) is 16.7 Å². The lowest BCUT2D eigenvalue weighted by Crippen LogP contribution is -2.36. The highest BCUT2D eigenvalue weighted by Crippen LogP contribution is 2.42. The minimum Gasteiger partial charge on any atom is -0.456 e. The van der Waals surface area contributed by atoms with E-state index in [0.29, 0.717) is 0 Å². The smallest absolute Gasteiger partial charge is 0.170 e. The maximum Gasteiger partial charge on any atom is 0.170 e. The number of benzene rings is 10. The predicted molar refractivity (Wildman–Crippen MR) is 258 cm³/mol. The average Bonchev–Trinajstić information content (AvgIpc) is 3.88. The summed E-state index contributed by atoms with van der Waals surface area (Å²) in [7, 11) is 0. The topological polar surface area (TPSA) is 54.8 Å². The second-order valence-corrected chi connectivity index (χ2v) is 16.2. The fraction of sp³-hybridized carbons (Fsp3) is 0.0175. The lowest BCUT2D eigenvalue weighted by Gasteiger charge is -2.24. The van der Waals surface area contributed by atoms with Crippen molar-refractivity contribution in [1.29, 1.82) is 0 Å². The first-order valence-electron chi connectivity index (χ1n) is 21.1. The molecule has 12 aromatic rings. The van der Waals surface area contributed by atoms with Gasteiger partial charge in [-0.05, 0) is 79.8 Å². The Kier molecular flexibility index (Phi) is 7.60. The molecule has 0 amide bonds. The van der Waals surface area contributed by atoms with Gasteiger partial charge in [0.15, 0.2) is 6.17 Å². The SMILES string of the molecule is c1ccc(-c2ccc(C3=NC(c4cc(-n5c6ccccc6c6cc7ccccc7cc65)cc5oc6ccccc6c45)N=C(c4cc5ccccc5c5ccccc45)N3)cc2)cc1. The molecule has 0 aliphatic carbocycles. The highest BCUT2D eigenvalue weighted by molar-refractivity contribution is 6.24. The lowest BCUT2D eigenvalue weighted by molar-refractivity contribution is 0.667. The van der Waals surface area contributed by atoms with Gasteiger partial charge in [0.25, 0.3) is 0 Å². The second-order valence-electron chi connectivity index (χ2n) is 16.2. The number of para-hydroxylation sites is 2. The number of aliphatic imine (C=N–C) groups is 2. The molecule has 0 spiro atoms. The minimum absolute atomic E-state index is 0.613. The van der Waals surface area contributed by atoms with Crippen molar-refractivity contribution in [3.05, 3.63) is 223 Å². The molecule has 13 rings (SSSR count). The Labute approximate surface area is 356 Å². The van der Waals surface area contributed by atoms with Gasteiger partial charge in [-0.15, -0.1) is 0 Å². The molecule has 1 unspecified atom stereocenters. The number of nitrogens with one attached hydrogen (secondary N) is 1. The van der Waals surface area contributed by atoms with Crippen molar-refractivity contribution < 1.29 is 4.42 Å². The largest absolute Gasteiger partial charge is 0.456 e. The number of amidine groups is 2. The minimum atomic E-state index is -0.613. The molecule has 1 N–H and O–H groups in total. The summed E-state index contributed by atoms with van der Waals surface area (Å²) in [5.74, 6) is 1.52. The summed E-state index contributed by atoms with van der Waals surface area (Å²) < 4.78 is 9.15. The first-order valence-corrected chi connectivity index (χ1v) is 21.1. The van der Waals surface area contributed by atoms with Crippen molar-refractivity contribution in [2.24, 2.45) is 9.98 Å². The fourth-order valence-corrected chi connectivity index (χ4v) is 9.71. The summed E-state index contributed by atoms with van der Waals surface area (Å²) >= 11 is 0. The highest BCUT2D eigenvalue weighted by Gasteiger charge is 2.27. The molecule has 1 aliphatic rings. The van der Waals surface area contributed by atoms with Crippen molar-refractivity contribution in [3.63, 3.8) is 0 Å². The Morgan fingerprint density at radius 2 is 1.02 bits per heavy atom. The zero-order valence-corrected chi connectivity index (χ0v) is 33.5. The number of hydrogen-bond acceptors (Lipinski definition) is 4. The molecule has 10 aromatic carbocycles. The molecule has 2 aromatic heterocycles. The molecule has 0 fully saturated rings. The molecule has 1 atom stereocenters. The van der Waals surface area contributed by atoms with Gasteiger partial charge >= 0.3 is 0 Å². The van der Waals surface area contributed by atoms with Crippen LogP contribution in [0.1, 0.15) is 22.9 Å². The van der Waals surface area contributed by atoms with E-state index in [0.717, 1.165) is 83.4 Å². The zero-order valence-electron chi connectivity index (χ0n) is 33.5. The van der Waals surface area contributed by atoms with Crippen molar-refractivity contribution >= 4 is 87.7 Å². The molecule has 0 saturated carbocycles. The third-order valence-electron chi connectivity index (χ3n) is 12.6. The predicted octanol–water partition coefficient (Wildman–Crippen LogP) is 14.3. The summed E-state index contributed by atoms with van der Waals surface area (Å²) in [5.41, 5.74) is 10.2. The van der Waals surface area contributed by atoms with Crippen LogP contribution in [0.3, 0.4) is 0 Å². The van der Waals surface area contributed by atoms with E-state index in [9.17, 15) is 0 Å². The van der Waals surface area contributed by atoms with Gasteiger partial charge in [-0.1, -0.05) is 164 Å². The Bertz CT molecular complexity index is 3840. The summed E-state index contributed by atoms with van der Waals surface area (Å²) in [6.45, 7) is 0. The van der Waals surface area contributed by atoms with E-state index in [1.807, 2.05) is 12.1 Å². The van der Waals surface area contributed by atoms with Crippen LogP contribution < -0.4 is 5.32 Å². The number of rotatable bonds is 5. The first-order chi connectivity index (χ1) is 30.7. The highest BCUT2D eigenvalue weighted by atomic mass is 16.3. The van der Waals surface area contributed by atoms with Crippen LogP contribution >= 0.6 is 0 Å². The van der Waals surface area contributed by atoms with Crippen LogP contribution in [0, 0.1) is 0 Å². The maximum atomic E-state index is 6.78. The Balaban J connectivity index is 1.08. The van der Waals surface area contributed by atoms with E-state index < -0.39 is 6.17 Å². The number of fused-ring (bicyclic) bond motifs is 10. The van der Waals surface area contributed by atoms with E-state index >= 15 is 0 Å². The van der Waals surface area contributed by atoms with Crippen LogP contribution in [0.5, 0.6) is 0 Å². The molecule has 1 aliphatic heterocycles. The van der Waals surface area contributed by atoms with E-state index in [2.05, 4.69) is 204 Å². The molecule has 0 bridgehead atoms. The third kappa shape index (κ3) is 5.42. The average molecular weight is 793 g/mol. The monoisotopic (exact) mass is 792 g/mol. The normalized spacial score (nSPS) is 14.3. The van der Waals surface area contributed by atoms with E-state index in [4.69, 9.17) is 14.4 Å². The molecular weight excluding hydrogens is 757 g/mol. The Morgan fingerprint density at radius 1 is 0.403 bits per heavy atom. The number of furan rings is 1. The van der Waals surface area contributed by atoms with E-state index in [1.165, 1.54) is 37.9 Å². The van der Waals surface area contributed by atoms with Gasteiger partial charge in [0.1, 0.15) is 22.8 Å². The molecule has 62 heavy (non-hydrogen) atoms. The number of aromatic nitrogens is 1. The van der Waals surface area contributed by atoms with E-state index in [-0.39, 0.29) is 0 Å². The summed E-state index contributed by atoms with van der Waals surface area (Å²) in [6.07, 6.45) is -0.613. The van der Waals surface area contributed by atoms with Crippen molar-refractivity contribution in [2.45, 2.75) is 6.17 Å². The van der Waals surface area contributed by atoms with Gasteiger partial charge in [-0.25, -0.2) is 9.98 Å². The van der Waals surface area contributed by atoms with E-state index in [1.54, 1.807) is 0 Å². The zero-order chi connectivity index (χ0) is 40.7. The number of nitrogens with zero attached hydrogens (tertiary/aromatic N) is 3. The fourth-order valence-electron chi connectivity index (χ4n) is 9.71. The maximum absolute atomic E-state index is 6.78. The van der Waals surface area contributed by atoms with Crippen LogP contribution in [0.15, 0.2) is 221 Å². The quantitative estimate of drug-likeness (QED) is 0.177. The van der Waals surface area contributed by atoms with Gasteiger partial charge in [-0.3, -0.25) is 0 Å². The van der Waals surface area contributed by atoms with Crippen molar-refractivity contribution in [2.75, 3.05) is 0 Å². The van der Waals surface area contributed by atoms with Gasteiger partial charge in [-0.2, -0.15) is 0 Å². The standard InChI is InChI=1S/C57H36N4O/c1-2-14-35(15-3-1)36-26-28-37(29-27-36)55-58-56(48-31-40-18-6-7-19-42(40)43-20-8-9-21-44(43)48)60-57(59-55)49-33-41(34-53-54(49)46-23-11-13-25-52(46)62-53)61-50-24-12-10-22-45(50)47-30-38-16-4-5-17-39(38)32-51(47)61/h1-34,57H,(H,58,59,60). The number of hydrogen-bond donors (Lipinski definition) is 1. The molecular formula is C57H36N4O. The van der Waals surface area contributed by atoms with Crippen molar-refractivity contribution in [1.82, 2.24) is 9.88 Å². The van der Waals surface area contributed by atoms with Gasteiger partial charge in [0.2, 0.25) is 0 Å². The van der Waals surface area contributed by atoms with Gasteiger partial charge < -0.3 is 14.3 Å². The molecule has 5 nitrogen and oxygen atoms in total. The summed E-state index contributed by atoms with van der Waals surface area (Å²) in [5, 5.41) is 15.3. The summed E-state index contributed by atoms with van der Waals surface area (Å²) in [6, 6.07) is 73.3. The second kappa shape index (κ2) is 13.6.